The van der Waals surface area contributed by atoms with Crippen molar-refractivity contribution in [3.8, 4) is 5.75 Å². The fourth-order valence-electron chi connectivity index (χ4n) is 2.40. The number of hydrogen-bond acceptors (Lipinski definition) is 2. The minimum absolute atomic E-state index is 0.120. The molecule has 0 spiro atoms. The maximum absolute atomic E-state index is 12.0. The summed E-state index contributed by atoms with van der Waals surface area (Å²) in [5, 5.41) is 5.83. The lowest BCUT2D eigenvalue weighted by Crippen LogP contribution is -2.42. The average Bonchev–Trinajstić information content (AvgIpc) is 2.59. The van der Waals surface area contributed by atoms with Crippen LogP contribution in [0.1, 0.15) is 30.5 Å². The Bertz CT molecular complexity index is 661. The van der Waals surface area contributed by atoms with Gasteiger partial charge in [0.05, 0.1) is 7.11 Å². The molecule has 0 atom stereocenters. The second kappa shape index (κ2) is 7.86. The molecule has 2 amide bonds. The molecule has 0 radical (unpaired) electrons. The van der Waals surface area contributed by atoms with Crippen molar-refractivity contribution in [3.05, 3.63) is 65.2 Å². The molecule has 128 valence electrons. The monoisotopic (exact) mass is 326 g/mol. The maximum atomic E-state index is 12.0. The summed E-state index contributed by atoms with van der Waals surface area (Å²) in [5.74, 6) is 0.808. The van der Waals surface area contributed by atoms with Gasteiger partial charge in [-0.25, -0.2) is 4.79 Å². The van der Waals surface area contributed by atoms with Gasteiger partial charge in [-0.05, 0) is 30.2 Å². The van der Waals surface area contributed by atoms with Crippen LogP contribution in [0.4, 0.5) is 4.79 Å². The Morgan fingerprint density at radius 2 is 1.62 bits per heavy atom. The van der Waals surface area contributed by atoms with E-state index in [1.807, 2.05) is 24.3 Å². The maximum Gasteiger partial charge on any atom is 0.315 e. The largest absolute Gasteiger partial charge is 0.497 e. The van der Waals surface area contributed by atoms with E-state index in [2.05, 4.69) is 55.7 Å². The Morgan fingerprint density at radius 3 is 2.21 bits per heavy atom. The van der Waals surface area contributed by atoms with Crippen LogP contribution in [-0.2, 0) is 12.0 Å². The molecule has 0 saturated carbocycles. The first kappa shape index (κ1) is 17.9. The molecular formula is C20H26N2O2. The molecule has 4 heteroatoms. The van der Waals surface area contributed by atoms with E-state index >= 15 is 0 Å². The Labute approximate surface area is 144 Å². The van der Waals surface area contributed by atoms with Crippen molar-refractivity contribution in [2.75, 3.05) is 13.7 Å². The van der Waals surface area contributed by atoms with E-state index in [0.29, 0.717) is 13.1 Å². The van der Waals surface area contributed by atoms with Crippen LogP contribution in [0.5, 0.6) is 5.75 Å². The van der Waals surface area contributed by atoms with Crippen LogP contribution >= 0.6 is 0 Å². The Balaban J connectivity index is 1.82. The quantitative estimate of drug-likeness (QED) is 0.849. The van der Waals surface area contributed by atoms with Crippen LogP contribution < -0.4 is 15.4 Å². The highest BCUT2D eigenvalue weighted by Crippen LogP contribution is 2.22. The average molecular weight is 326 g/mol. The smallest absolute Gasteiger partial charge is 0.315 e. The third-order valence-corrected chi connectivity index (χ3v) is 4.14. The third-order valence-electron chi connectivity index (χ3n) is 4.14. The molecule has 0 aliphatic carbocycles. The number of carbonyl (C=O) groups is 1. The van der Waals surface area contributed by atoms with Crippen LogP contribution in [0.15, 0.2) is 48.5 Å². The van der Waals surface area contributed by atoms with Crippen molar-refractivity contribution in [2.45, 2.75) is 32.7 Å². The molecule has 0 fully saturated rings. The van der Waals surface area contributed by atoms with Gasteiger partial charge in [0.1, 0.15) is 5.75 Å². The van der Waals surface area contributed by atoms with Crippen LogP contribution in [0.2, 0.25) is 0 Å². The summed E-state index contributed by atoms with van der Waals surface area (Å²) >= 11 is 0. The summed E-state index contributed by atoms with van der Waals surface area (Å²) in [7, 11) is 1.64. The first-order chi connectivity index (χ1) is 11.4. The molecule has 4 nitrogen and oxygen atoms in total. The molecule has 0 saturated heterocycles. The van der Waals surface area contributed by atoms with Gasteiger partial charge in [-0.1, -0.05) is 55.8 Å². The van der Waals surface area contributed by atoms with E-state index in [4.69, 9.17) is 4.74 Å². The van der Waals surface area contributed by atoms with Gasteiger partial charge in [-0.3, -0.25) is 0 Å². The molecule has 0 aliphatic rings. The molecule has 24 heavy (non-hydrogen) atoms. The van der Waals surface area contributed by atoms with Crippen LogP contribution in [0.3, 0.4) is 0 Å². The Morgan fingerprint density at radius 1 is 1.00 bits per heavy atom. The SMILES string of the molecule is COc1ccc(CNC(=O)NCC(C)(C)c2ccc(C)cc2)cc1. The number of amides is 2. The molecule has 0 unspecified atom stereocenters. The lowest BCUT2D eigenvalue weighted by Gasteiger charge is -2.26. The lowest BCUT2D eigenvalue weighted by molar-refractivity contribution is 0.238. The number of nitrogens with one attached hydrogen (secondary N) is 2. The minimum Gasteiger partial charge on any atom is -0.497 e. The molecule has 0 heterocycles. The summed E-state index contributed by atoms with van der Waals surface area (Å²) in [5.41, 5.74) is 3.36. The second-order valence-corrected chi connectivity index (χ2v) is 6.63. The van der Waals surface area contributed by atoms with E-state index in [0.717, 1.165) is 11.3 Å². The molecular weight excluding hydrogens is 300 g/mol. The summed E-state index contributed by atoms with van der Waals surface area (Å²) in [4.78, 5) is 12.0. The highest BCUT2D eigenvalue weighted by molar-refractivity contribution is 5.74. The zero-order chi connectivity index (χ0) is 17.6. The van der Waals surface area contributed by atoms with Crippen LogP contribution in [0.25, 0.3) is 0 Å². The summed E-state index contributed by atoms with van der Waals surface area (Å²) in [6, 6.07) is 15.9. The van der Waals surface area contributed by atoms with Gasteiger partial charge >= 0.3 is 6.03 Å². The Kier molecular flexibility index (Phi) is 5.85. The van der Waals surface area contributed by atoms with Crippen LogP contribution in [-0.4, -0.2) is 19.7 Å². The van der Waals surface area contributed by atoms with Gasteiger partial charge in [0, 0.05) is 18.5 Å². The van der Waals surface area contributed by atoms with Crippen molar-refractivity contribution < 1.29 is 9.53 Å². The van der Waals surface area contributed by atoms with Gasteiger partial charge in [-0.15, -0.1) is 0 Å². The molecule has 0 aromatic heterocycles. The lowest BCUT2D eigenvalue weighted by atomic mass is 9.84. The normalized spacial score (nSPS) is 11.0. The van der Waals surface area contributed by atoms with Crippen molar-refractivity contribution in [1.29, 1.82) is 0 Å². The van der Waals surface area contributed by atoms with Crippen molar-refractivity contribution in [3.63, 3.8) is 0 Å². The summed E-state index contributed by atoms with van der Waals surface area (Å²) in [6.07, 6.45) is 0. The fraction of sp³-hybridized carbons (Fsp3) is 0.350. The number of hydrogen-bond donors (Lipinski definition) is 2. The number of urea groups is 1. The molecule has 0 aliphatic heterocycles. The Hall–Kier alpha value is -2.49. The minimum atomic E-state index is -0.161. The van der Waals surface area contributed by atoms with Gasteiger partial charge < -0.3 is 15.4 Å². The zero-order valence-corrected chi connectivity index (χ0v) is 14.8. The van der Waals surface area contributed by atoms with Gasteiger partial charge in [0.25, 0.3) is 0 Å². The number of ether oxygens (including phenoxy) is 1. The fourth-order valence-corrected chi connectivity index (χ4v) is 2.40. The first-order valence-electron chi connectivity index (χ1n) is 8.12. The van der Waals surface area contributed by atoms with E-state index < -0.39 is 0 Å². The third kappa shape index (κ3) is 5.01. The highest BCUT2D eigenvalue weighted by atomic mass is 16.5. The number of rotatable bonds is 6. The molecule has 2 aromatic rings. The van der Waals surface area contributed by atoms with E-state index in [1.54, 1.807) is 7.11 Å². The highest BCUT2D eigenvalue weighted by Gasteiger charge is 2.21. The van der Waals surface area contributed by atoms with Crippen molar-refractivity contribution >= 4 is 6.03 Å². The van der Waals surface area contributed by atoms with Gasteiger partial charge in [0.15, 0.2) is 0 Å². The number of methoxy groups -OCH3 is 1. The van der Waals surface area contributed by atoms with Gasteiger partial charge in [0.2, 0.25) is 0 Å². The second-order valence-electron chi connectivity index (χ2n) is 6.63. The number of carbonyl (C=O) groups excluding carboxylic acids is 1. The van der Waals surface area contributed by atoms with Crippen LogP contribution in [0, 0.1) is 6.92 Å². The van der Waals surface area contributed by atoms with E-state index in [9.17, 15) is 4.79 Å². The number of benzene rings is 2. The summed E-state index contributed by atoms with van der Waals surface area (Å²) < 4.78 is 5.12. The van der Waals surface area contributed by atoms with E-state index in [-0.39, 0.29) is 11.4 Å². The molecule has 2 N–H and O–H groups in total. The van der Waals surface area contributed by atoms with E-state index in [1.165, 1.54) is 11.1 Å². The molecule has 2 rings (SSSR count). The van der Waals surface area contributed by atoms with Crippen molar-refractivity contribution in [1.82, 2.24) is 10.6 Å². The molecule has 2 aromatic carbocycles. The first-order valence-corrected chi connectivity index (χ1v) is 8.12. The number of aryl methyl sites for hydroxylation is 1. The zero-order valence-electron chi connectivity index (χ0n) is 14.8. The van der Waals surface area contributed by atoms with Crippen molar-refractivity contribution in [2.24, 2.45) is 0 Å². The topological polar surface area (TPSA) is 50.4 Å². The molecule has 0 bridgehead atoms. The predicted octanol–water partition coefficient (Wildman–Crippen LogP) is 3.78. The standard InChI is InChI=1S/C20H26N2O2/c1-15-5-9-17(10-6-15)20(2,3)14-22-19(23)21-13-16-7-11-18(24-4)12-8-16/h5-12H,13-14H2,1-4H3,(H2,21,22,23). The summed E-state index contributed by atoms with van der Waals surface area (Å²) in [6.45, 7) is 7.38. The predicted molar refractivity (Wildman–Crippen MR) is 97.4 cm³/mol. The van der Waals surface area contributed by atoms with Gasteiger partial charge in [-0.2, -0.15) is 0 Å².